The van der Waals surface area contributed by atoms with Crippen molar-refractivity contribution in [3.8, 4) is 0 Å². The summed E-state index contributed by atoms with van der Waals surface area (Å²) in [5, 5.41) is 6.14. The van der Waals surface area contributed by atoms with Crippen LogP contribution in [0.2, 0.25) is 10.0 Å². The van der Waals surface area contributed by atoms with Gasteiger partial charge in [-0.1, -0.05) is 35.3 Å². The first-order valence-electron chi connectivity index (χ1n) is 10.2. The predicted octanol–water partition coefficient (Wildman–Crippen LogP) is 4.46. The van der Waals surface area contributed by atoms with Crippen molar-refractivity contribution in [2.24, 2.45) is 0 Å². The lowest BCUT2D eigenvalue weighted by Crippen LogP contribution is -2.29. The summed E-state index contributed by atoms with van der Waals surface area (Å²) in [6, 6.07) is 16.1. The van der Waals surface area contributed by atoms with E-state index in [1.54, 1.807) is 42.5 Å². The number of nitrogens with zero attached hydrogens (tertiary/aromatic N) is 1. The Morgan fingerprint density at radius 1 is 0.971 bits per heavy atom. The second kappa shape index (κ2) is 9.63. The molecule has 1 aliphatic rings. The number of carbonyl (C=O) groups is 2. The molecule has 176 valence electrons. The Balaban J connectivity index is 1.51. The summed E-state index contributed by atoms with van der Waals surface area (Å²) in [5.74, 6) is -0.811. The van der Waals surface area contributed by atoms with Crippen molar-refractivity contribution in [3.05, 3.63) is 87.4 Å². The Labute approximate surface area is 207 Å². The molecule has 1 fully saturated rings. The Bertz CT molecular complexity index is 1400. The van der Waals surface area contributed by atoms with Crippen LogP contribution in [0.1, 0.15) is 26.3 Å². The molecule has 11 heteroatoms. The fourth-order valence-electron chi connectivity index (χ4n) is 3.44. The van der Waals surface area contributed by atoms with Gasteiger partial charge in [-0.2, -0.15) is 13.1 Å². The van der Waals surface area contributed by atoms with Crippen LogP contribution in [0.15, 0.2) is 60.7 Å². The molecule has 0 atom stereocenters. The van der Waals surface area contributed by atoms with Crippen LogP contribution in [0.25, 0.3) is 0 Å². The van der Waals surface area contributed by atoms with Gasteiger partial charge in [-0.05, 0) is 61.0 Å². The van der Waals surface area contributed by atoms with Crippen molar-refractivity contribution in [2.45, 2.75) is 6.92 Å². The highest BCUT2D eigenvalue weighted by Crippen LogP contribution is 2.28. The number of rotatable bonds is 5. The molecule has 0 unspecified atom stereocenters. The van der Waals surface area contributed by atoms with Gasteiger partial charge in [0.2, 0.25) is 0 Å². The Morgan fingerprint density at radius 3 is 2.44 bits per heavy atom. The van der Waals surface area contributed by atoms with Gasteiger partial charge >= 0.3 is 10.2 Å². The van der Waals surface area contributed by atoms with Crippen LogP contribution in [0.3, 0.4) is 0 Å². The molecule has 0 radical (unpaired) electrons. The molecule has 1 aliphatic heterocycles. The van der Waals surface area contributed by atoms with E-state index >= 15 is 0 Å². The number of amides is 2. The molecule has 3 aromatic carbocycles. The number of nitrogens with one attached hydrogen (secondary N) is 3. The van der Waals surface area contributed by atoms with Gasteiger partial charge < -0.3 is 10.6 Å². The Hall–Kier alpha value is -3.11. The normalized spacial score (nSPS) is 14.6. The van der Waals surface area contributed by atoms with E-state index in [4.69, 9.17) is 23.2 Å². The molecule has 0 aliphatic carbocycles. The molecule has 0 spiro atoms. The minimum Gasteiger partial charge on any atom is -0.322 e. The molecule has 2 amide bonds. The number of benzene rings is 3. The Kier molecular flexibility index (Phi) is 6.81. The Morgan fingerprint density at radius 2 is 1.76 bits per heavy atom. The van der Waals surface area contributed by atoms with Crippen molar-refractivity contribution in [3.63, 3.8) is 0 Å². The molecule has 3 N–H and O–H groups in total. The van der Waals surface area contributed by atoms with Crippen molar-refractivity contribution in [1.82, 2.24) is 4.72 Å². The van der Waals surface area contributed by atoms with E-state index in [1.807, 2.05) is 6.92 Å². The molecule has 3 aromatic rings. The standard InChI is InChI=1S/C23H20Cl2N4O4S/c1-14-5-6-17(12-21(14)28-22(30)15-3-2-4-16(24)11-15)27-23(31)19-8-7-18(13-20(19)25)29-10-9-26-34(29,32)33/h2-8,11-13,26H,9-10H2,1H3,(H,27,31)(H,28,30). The third kappa shape index (κ3) is 5.18. The number of anilines is 3. The highest BCUT2D eigenvalue weighted by molar-refractivity contribution is 7.91. The minimum atomic E-state index is -3.60. The summed E-state index contributed by atoms with van der Waals surface area (Å²) in [6.45, 7) is 2.40. The first-order chi connectivity index (χ1) is 16.1. The molecule has 8 nitrogen and oxygen atoms in total. The first-order valence-corrected chi connectivity index (χ1v) is 12.4. The third-order valence-corrected chi connectivity index (χ3v) is 7.30. The molecule has 0 bridgehead atoms. The largest absolute Gasteiger partial charge is 0.322 e. The lowest BCUT2D eigenvalue weighted by atomic mass is 10.1. The van der Waals surface area contributed by atoms with Crippen LogP contribution in [0.5, 0.6) is 0 Å². The van der Waals surface area contributed by atoms with Crippen LogP contribution >= 0.6 is 23.2 Å². The third-order valence-electron chi connectivity index (χ3n) is 5.21. The fraction of sp³-hybridized carbons (Fsp3) is 0.130. The number of aryl methyl sites for hydroxylation is 1. The van der Waals surface area contributed by atoms with Crippen LogP contribution in [0, 0.1) is 6.92 Å². The zero-order valence-electron chi connectivity index (χ0n) is 17.9. The average molecular weight is 519 g/mol. The van der Waals surface area contributed by atoms with Crippen molar-refractivity contribution < 1.29 is 18.0 Å². The summed E-state index contributed by atoms with van der Waals surface area (Å²) in [5.41, 5.74) is 2.73. The fourth-order valence-corrected chi connectivity index (χ4v) is 5.12. The van der Waals surface area contributed by atoms with Crippen LogP contribution in [-0.2, 0) is 10.2 Å². The highest BCUT2D eigenvalue weighted by Gasteiger charge is 2.28. The lowest BCUT2D eigenvalue weighted by molar-refractivity contribution is 0.101. The zero-order chi connectivity index (χ0) is 24.5. The van der Waals surface area contributed by atoms with Crippen LogP contribution in [0.4, 0.5) is 17.1 Å². The average Bonchev–Trinajstić information content (AvgIpc) is 3.14. The summed E-state index contributed by atoms with van der Waals surface area (Å²) in [4.78, 5) is 25.4. The number of carbonyl (C=O) groups excluding carboxylic acids is 2. The molecular weight excluding hydrogens is 499 g/mol. The molecule has 4 rings (SSSR count). The van der Waals surface area contributed by atoms with E-state index in [-0.39, 0.29) is 23.0 Å². The van der Waals surface area contributed by atoms with E-state index in [1.165, 1.54) is 22.5 Å². The molecule has 34 heavy (non-hydrogen) atoms. The quantitative estimate of drug-likeness (QED) is 0.463. The molecule has 0 aromatic heterocycles. The van der Waals surface area contributed by atoms with E-state index in [0.717, 1.165) is 5.56 Å². The maximum atomic E-state index is 12.8. The number of hydrogen-bond donors (Lipinski definition) is 3. The van der Waals surface area contributed by atoms with Crippen molar-refractivity contribution in [1.29, 1.82) is 0 Å². The summed E-state index contributed by atoms with van der Waals surface area (Å²) >= 11 is 12.3. The van der Waals surface area contributed by atoms with Crippen molar-refractivity contribution >= 4 is 62.3 Å². The van der Waals surface area contributed by atoms with Gasteiger partial charge in [-0.25, -0.2) is 0 Å². The maximum Gasteiger partial charge on any atom is 0.301 e. The van der Waals surface area contributed by atoms with Gasteiger partial charge in [0.25, 0.3) is 11.8 Å². The van der Waals surface area contributed by atoms with Crippen LogP contribution in [-0.4, -0.2) is 33.3 Å². The van der Waals surface area contributed by atoms with Gasteiger partial charge in [0.1, 0.15) is 0 Å². The second-order valence-electron chi connectivity index (χ2n) is 7.58. The van der Waals surface area contributed by atoms with E-state index in [2.05, 4.69) is 15.4 Å². The van der Waals surface area contributed by atoms with E-state index in [9.17, 15) is 18.0 Å². The van der Waals surface area contributed by atoms with E-state index in [0.29, 0.717) is 34.2 Å². The van der Waals surface area contributed by atoms with E-state index < -0.39 is 16.1 Å². The summed E-state index contributed by atoms with van der Waals surface area (Å²) < 4.78 is 27.7. The summed E-state index contributed by atoms with van der Waals surface area (Å²) in [7, 11) is -3.60. The van der Waals surface area contributed by atoms with Crippen molar-refractivity contribution in [2.75, 3.05) is 28.0 Å². The van der Waals surface area contributed by atoms with Gasteiger partial charge in [-0.15, -0.1) is 0 Å². The van der Waals surface area contributed by atoms with Gasteiger partial charge in [0.05, 0.1) is 16.3 Å². The smallest absolute Gasteiger partial charge is 0.301 e. The number of halogens is 2. The topological polar surface area (TPSA) is 108 Å². The second-order valence-corrected chi connectivity index (χ2v) is 10.1. The zero-order valence-corrected chi connectivity index (χ0v) is 20.3. The molecule has 1 heterocycles. The predicted molar refractivity (Wildman–Crippen MR) is 134 cm³/mol. The highest BCUT2D eigenvalue weighted by atomic mass is 35.5. The number of hydrogen-bond acceptors (Lipinski definition) is 4. The maximum absolute atomic E-state index is 12.8. The SMILES string of the molecule is Cc1ccc(NC(=O)c2ccc(N3CCNS3(=O)=O)cc2Cl)cc1NC(=O)c1cccc(Cl)c1. The molecule has 0 saturated carbocycles. The molecule has 1 saturated heterocycles. The molecular formula is C23H20Cl2N4O4S. The van der Waals surface area contributed by atoms with Gasteiger partial charge in [-0.3, -0.25) is 13.9 Å². The monoisotopic (exact) mass is 518 g/mol. The summed E-state index contributed by atoms with van der Waals surface area (Å²) in [6.07, 6.45) is 0. The first kappa shape index (κ1) is 24.0. The van der Waals surface area contributed by atoms with Gasteiger partial charge in [0.15, 0.2) is 0 Å². The van der Waals surface area contributed by atoms with Crippen LogP contribution < -0.4 is 19.7 Å². The minimum absolute atomic E-state index is 0.110. The van der Waals surface area contributed by atoms with Gasteiger partial charge in [0, 0.05) is 35.1 Å². The lowest BCUT2D eigenvalue weighted by Gasteiger charge is -2.17.